The molecule has 0 aromatic rings. The van der Waals surface area contributed by atoms with Crippen LogP contribution in [0.3, 0.4) is 0 Å². The summed E-state index contributed by atoms with van der Waals surface area (Å²) in [5.41, 5.74) is 0. The average molecular weight is 227 g/mol. The zero-order valence-corrected chi connectivity index (χ0v) is 11.3. The van der Waals surface area contributed by atoms with E-state index >= 15 is 0 Å². The zero-order valence-electron chi connectivity index (χ0n) is 11.3. The predicted molar refractivity (Wildman–Crippen MR) is 69.7 cm³/mol. The molecule has 1 rings (SSSR count). The van der Waals surface area contributed by atoms with Crippen LogP contribution in [0, 0.1) is 5.92 Å². The van der Waals surface area contributed by atoms with Gasteiger partial charge in [0.2, 0.25) is 0 Å². The fourth-order valence-corrected chi connectivity index (χ4v) is 2.87. The first kappa shape index (κ1) is 14.0. The molecule has 0 aromatic heterocycles. The monoisotopic (exact) mass is 227 g/mol. The molecular weight excluding hydrogens is 198 g/mol. The Labute approximate surface area is 101 Å². The summed E-state index contributed by atoms with van der Waals surface area (Å²) in [5, 5.41) is 3.62. The number of hydrogen-bond donors (Lipinski definition) is 1. The summed E-state index contributed by atoms with van der Waals surface area (Å²) in [6.45, 7) is 5.45. The summed E-state index contributed by atoms with van der Waals surface area (Å²) < 4.78 is 5.38. The molecule has 0 aromatic carbocycles. The largest absolute Gasteiger partial charge is 0.382 e. The SMILES string of the molecule is CCNC(CC1CCCCC1)CC(C)OC. The van der Waals surface area contributed by atoms with Crippen LogP contribution >= 0.6 is 0 Å². The van der Waals surface area contributed by atoms with Crippen LogP contribution in [0.1, 0.15) is 58.8 Å². The molecule has 2 heteroatoms. The summed E-state index contributed by atoms with van der Waals surface area (Å²) in [7, 11) is 1.81. The third-order valence-electron chi connectivity index (χ3n) is 3.85. The molecule has 0 bridgehead atoms. The van der Waals surface area contributed by atoms with Gasteiger partial charge in [0.1, 0.15) is 0 Å². The number of ether oxygens (including phenoxy) is 1. The third kappa shape index (κ3) is 5.31. The highest BCUT2D eigenvalue weighted by Crippen LogP contribution is 2.28. The highest BCUT2D eigenvalue weighted by atomic mass is 16.5. The van der Waals surface area contributed by atoms with Crippen molar-refractivity contribution in [3.63, 3.8) is 0 Å². The molecule has 0 spiro atoms. The topological polar surface area (TPSA) is 21.3 Å². The maximum atomic E-state index is 5.38. The minimum absolute atomic E-state index is 0.382. The van der Waals surface area contributed by atoms with E-state index in [9.17, 15) is 0 Å². The summed E-state index contributed by atoms with van der Waals surface area (Å²) in [5.74, 6) is 0.960. The maximum Gasteiger partial charge on any atom is 0.0558 e. The Hall–Kier alpha value is -0.0800. The molecule has 2 nitrogen and oxygen atoms in total. The number of nitrogens with one attached hydrogen (secondary N) is 1. The first-order valence-electron chi connectivity index (χ1n) is 7.02. The quantitative estimate of drug-likeness (QED) is 0.720. The molecule has 2 unspecified atom stereocenters. The Morgan fingerprint density at radius 2 is 1.94 bits per heavy atom. The lowest BCUT2D eigenvalue weighted by Gasteiger charge is -2.28. The van der Waals surface area contributed by atoms with Crippen molar-refractivity contribution in [2.24, 2.45) is 5.92 Å². The molecule has 0 aliphatic heterocycles. The van der Waals surface area contributed by atoms with E-state index < -0.39 is 0 Å². The van der Waals surface area contributed by atoms with Crippen molar-refractivity contribution in [1.29, 1.82) is 0 Å². The predicted octanol–water partition coefficient (Wildman–Crippen LogP) is 3.36. The van der Waals surface area contributed by atoms with E-state index in [4.69, 9.17) is 4.74 Å². The van der Waals surface area contributed by atoms with Crippen LogP contribution in [0.4, 0.5) is 0 Å². The van der Waals surface area contributed by atoms with Crippen molar-refractivity contribution < 1.29 is 4.74 Å². The average Bonchev–Trinajstić information content (AvgIpc) is 2.30. The number of hydrogen-bond acceptors (Lipinski definition) is 2. The molecule has 1 N–H and O–H groups in total. The fraction of sp³-hybridized carbons (Fsp3) is 1.00. The minimum Gasteiger partial charge on any atom is -0.382 e. The first-order valence-corrected chi connectivity index (χ1v) is 7.02. The Balaban J connectivity index is 2.30. The van der Waals surface area contributed by atoms with Crippen molar-refractivity contribution in [1.82, 2.24) is 5.32 Å². The summed E-state index contributed by atoms with van der Waals surface area (Å²) in [4.78, 5) is 0. The zero-order chi connectivity index (χ0) is 11.8. The number of rotatable bonds is 7. The molecule has 1 aliphatic carbocycles. The van der Waals surface area contributed by atoms with Crippen LogP contribution in [-0.4, -0.2) is 25.8 Å². The third-order valence-corrected chi connectivity index (χ3v) is 3.85. The molecule has 16 heavy (non-hydrogen) atoms. The Bertz CT molecular complexity index is 166. The molecule has 0 amide bonds. The van der Waals surface area contributed by atoms with Gasteiger partial charge in [0.05, 0.1) is 6.10 Å². The van der Waals surface area contributed by atoms with Gasteiger partial charge in [-0.15, -0.1) is 0 Å². The van der Waals surface area contributed by atoms with Crippen LogP contribution < -0.4 is 5.32 Å². The van der Waals surface area contributed by atoms with Gasteiger partial charge < -0.3 is 10.1 Å². The smallest absolute Gasteiger partial charge is 0.0558 e. The van der Waals surface area contributed by atoms with Crippen molar-refractivity contribution >= 4 is 0 Å². The van der Waals surface area contributed by atoms with Crippen LogP contribution in [0.25, 0.3) is 0 Å². The second-order valence-corrected chi connectivity index (χ2v) is 5.28. The van der Waals surface area contributed by atoms with Gasteiger partial charge in [-0.1, -0.05) is 39.0 Å². The highest BCUT2D eigenvalue weighted by Gasteiger charge is 2.19. The van der Waals surface area contributed by atoms with Crippen molar-refractivity contribution in [3.8, 4) is 0 Å². The van der Waals surface area contributed by atoms with E-state index in [0.29, 0.717) is 12.1 Å². The molecule has 96 valence electrons. The molecule has 0 heterocycles. The van der Waals surface area contributed by atoms with Crippen LogP contribution in [-0.2, 0) is 4.74 Å². The van der Waals surface area contributed by atoms with Crippen molar-refractivity contribution in [3.05, 3.63) is 0 Å². The van der Waals surface area contributed by atoms with E-state index in [0.717, 1.165) is 18.9 Å². The maximum absolute atomic E-state index is 5.38. The van der Waals surface area contributed by atoms with Gasteiger partial charge in [-0.2, -0.15) is 0 Å². The number of methoxy groups -OCH3 is 1. The fourth-order valence-electron chi connectivity index (χ4n) is 2.87. The second-order valence-electron chi connectivity index (χ2n) is 5.28. The molecule has 0 radical (unpaired) electrons. The Morgan fingerprint density at radius 1 is 1.25 bits per heavy atom. The van der Waals surface area contributed by atoms with Gasteiger partial charge in [0, 0.05) is 13.2 Å². The van der Waals surface area contributed by atoms with Gasteiger partial charge in [0.15, 0.2) is 0 Å². The van der Waals surface area contributed by atoms with E-state index in [-0.39, 0.29) is 0 Å². The molecular formula is C14H29NO. The van der Waals surface area contributed by atoms with Crippen molar-refractivity contribution in [2.75, 3.05) is 13.7 Å². The second kappa shape index (κ2) is 8.08. The van der Waals surface area contributed by atoms with Crippen molar-refractivity contribution in [2.45, 2.75) is 70.9 Å². The lowest BCUT2D eigenvalue weighted by atomic mass is 9.84. The van der Waals surface area contributed by atoms with Crippen LogP contribution in [0.2, 0.25) is 0 Å². The molecule has 2 atom stereocenters. The van der Waals surface area contributed by atoms with Gasteiger partial charge in [-0.25, -0.2) is 0 Å². The molecule has 1 saturated carbocycles. The molecule has 1 fully saturated rings. The molecule has 1 aliphatic rings. The van der Waals surface area contributed by atoms with Gasteiger partial charge in [-0.05, 0) is 32.2 Å². The van der Waals surface area contributed by atoms with Crippen LogP contribution in [0.5, 0.6) is 0 Å². The Morgan fingerprint density at radius 3 is 2.50 bits per heavy atom. The van der Waals surface area contributed by atoms with E-state index in [1.54, 1.807) is 0 Å². The van der Waals surface area contributed by atoms with Gasteiger partial charge in [-0.3, -0.25) is 0 Å². The van der Waals surface area contributed by atoms with E-state index in [1.807, 2.05) is 7.11 Å². The van der Waals surface area contributed by atoms with Gasteiger partial charge in [0.25, 0.3) is 0 Å². The summed E-state index contributed by atoms with van der Waals surface area (Å²) in [6, 6.07) is 0.656. The van der Waals surface area contributed by atoms with Crippen LogP contribution in [0.15, 0.2) is 0 Å². The van der Waals surface area contributed by atoms with E-state index in [2.05, 4.69) is 19.2 Å². The highest BCUT2D eigenvalue weighted by molar-refractivity contribution is 4.76. The van der Waals surface area contributed by atoms with Gasteiger partial charge >= 0.3 is 0 Å². The van der Waals surface area contributed by atoms with E-state index in [1.165, 1.54) is 38.5 Å². The summed E-state index contributed by atoms with van der Waals surface area (Å²) >= 11 is 0. The lowest BCUT2D eigenvalue weighted by molar-refractivity contribution is 0.0958. The lowest BCUT2D eigenvalue weighted by Crippen LogP contribution is -2.34. The molecule has 0 saturated heterocycles. The summed E-state index contributed by atoms with van der Waals surface area (Å²) in [6.07, 6.45) is 10.1. The normalized spacial score (nSPS) is 21.9. The standard InChI is InChI=1S/C14H29NO/c1-4-15-14(10-12(2)16-3)11-13-8-6-5-7-9-13/h12-15H,4-11H2,1-3H3. The minimum atomic E-state index is 0.382. The Kier molecular flexibility index (Phi) is 7.06. The first-order chi connectivity index (χ1) is 7.76.